The molecule has 3 heterocycles. The number of halogens is 3. The quantitative estimate of drug-likeness (QED) is 0.714. The van der Waals surface area contributed by atoms with E-state index >= 15 is 0 Å². The Balaban J connectivity index is 1.71. The van der Waals surface area contributed by atoms with Gasteiger partial charge in [-0.3, -0.25) is 0 Å². The summed E-state index contributed by atoms with van der Waals surface area (Å²) in [7, 11) is -3.74. The molecule has 2 aliphatic heterocycles. The molecule has 1 aromatic heterocycles. The lowest BCUT2D eigenvalue weighted by Gasteiger charge is -2.28. The molecule has 0 amide bonds. The Morgan fingerprint density at radius 2 is 1.69 bits per heavy atom. The molecule has 0 saturated carbocycles. The van der Waals surface area contributed by atoms with E-state index in [9.17, 15) is 21.6 Å². The number of ether oxygens (including phenoxy) is 1. The molecule has 1 aromatic carbocycles. The van der Waals surface area contributed by atoms with E-state index in [-0.39, 0.29) is 23.8 Å². The third-order valence-electron chi connectivity index (χ3n) is 4.29. The van der Waals surface area contributed by atoms with Crippen molar-refractivity contribution >= 4 is 21.6 Å². The number of rotatable bonds is 3. The highest BCUT2D eigenvalue weighted by atomic mass is 32.2. The first kappa shape index (κ1) is 19.2. The van der Waals surface area contributed by atoms with Gasteiger partial charge in [-0.2, -0.15) is 17.7 Å². The third-order valence-corrected chi connectivity index (χ3v) is 5.44. The number of benzene rings is 1. The fourth-order valence-corrected chi connectivity index (χ4v) is 3.88. The van der Waals surface area contributed by atoms with Gasteiger partial charge in [-0.1, -0.05) is 18.2 Å². The molecule has 2 aromatic rings. The van der Waals surface area contributed by atoms with Crippen LogP contribution in [0.1, 0.15) is 0 Å². The lowest BCUT2D eigenvalue weighted by Crippen LogP contribution is -2.47. The predicted molar refractivity (Wildman–Crippen MR) is 99.5 cm³/mol. The van der Waals surface area contributed by atoms with Gasteiger partial charge in [0.2, 0.25) is 5.84 Å². The zero-order valence-corrected chi connectivity index (χ0v) is 15.7. The molecule has 0 aliphatic carbocycles. The van der Waals surface area contributed by atoms with Crippen LogP contribution < -0.4 is 9.30 Å². The summed E-state index contributed by atoms with van der Waals surface area (Å²) < 4.78 is 74.5. The minimum atomic E-state index is -4.58. The number of alkyl halides is 3. The minimum Gasteiger partial charge on any atom is -0.457 e. The first-order chi connectivity index (χ1) is 13.7. The van der Waals surface area contributed by atoms with Crippen LogP contribution in [0.4, 0.5) is 13.2 Å². The van der Waals surface area contributed by atoms with Crippen molar-refractivity contribution in [2.45, 2.75) is 6.18 Å². The number of fused-ring (bicyclic) bond motifs is 1. The van der Waals surface area contributed by atoms with Gasteiger partial charge in [0.1, 0.15) is 11.5 Å². The molecule has 0 spiro atoms. The Bertz CT molecular complexity index is 1120. The minimum absolute atomic E-state index is 0.00867. The Kier molecular flexibility index (Phi) is 4.65. The molecule has 2 aliphatic rings. The van der Waals surface area contributed by atoms with Crippen LogP contribution in [-0.4, -0.2) is 37.6 Å². The van der Waals surface area contributed by atoms with Crippen molar-refractivity contribution in [2.75, 3.05) is 12.3 Å². The number of sulfonamides is 1. The van der Waals surface area contributed by atoms with E-state index in [0.29, 0.717) is 11.5 Å². The average molecular weight is 422 g/mol. The predicted octanol–water partition coefficient (Wildman–Crippen LogP) is 3.11. The first-order valence-corrected chi connectivity index (χ1v) is 10.2. The van der Waals surface area contributed by atoms with E-state index in [1.165, 1.54) is 21.9 Å². The summed E-state index contributed by atoms with van der Waals surface area (Å²) in [5, 5.41) is 0. The summed E-state index contributed by atoms with van der Waals surface area (Å²) in [5.74, 6) is 0.690. The van der Waals surface area contributed by atoms with Crippen molar-refractivity contribution in [3.05, 3.63) is 72.7 Å². The highest BCUT2D eigenvalue weighted by Crippen LogP contribution is 2.32. The Morgan fingerprint density at radius 1 is 1.03 bits per heavy atom. The number of para-hydroxylation sites is 1. The van der Waals surface area contributed by atoms with Crippen LogP contribution in [0.3, 0.4) is 0 Å². The van der Waals surface area contributed by atoms with Crippen LogP contribution >= 0.6 is 0 Å². The molecule has 0 saturated heterocycles. The van der Waals surface area contributed by atoms with Crippen molar-refractivity contribution in [2.24, 2.45) is 4.40 Å². The second-order valence-electron chi connectivity index (χ2n) is 6.36. The molecular weight excluding hydrogens is 407 g/mol. The van der Waals surface area contributed by atoms with Gasteiger partial charge in [0.15, 0.2) is 12.4 Å². The molecule has 0 radical (unpaired) electrons. The number of amidine groups is 1. The summed E-state index contributed by atoms with van der Waals surface area (Å²) in [6.07, 6.45) is 0.166. The zero-order chi connectivity index (χ0) is 20.6. The molecule has 0 N–H and O–H groups in total. The van der Waals surface area contributed by atoms with Gasteiger partial charge in [0.25, 0.3) is 15.7 Å². The maximum atomic E-state index is 13.3. The van der Waals surface area contributed by atoms with Crippen molar-refractivity contribution in [3.8, 4) is 11.5 Å². The van der Waals surface area contributed by atoms with Crippen LogP contribution in [0.25, 0.3) is 5.70 Å². The Morgan fingerprint density at radius 3 is 2.34 bits per heavy atom. The molecule has 0 fully saturated rings. The summed E-state index contributed by atoms with van der Waals surface area (Å²) >= 11 is 0. The number of pyridine rings is 1. The maximum absolute atomic E-state index is 13.3. The number of hydrogen-bond donors (Lipinski definition) is 0. The lowest BCUT2D eigenvalue weighted by atomic mass is 10.1. The van der Waals surface area contributed by atoms with Gasteiger partial charge < -0.3 is 9.64 Å². The van der Waals surface area contributed by atoms with Crippen molar-refractivity contribution in [1.29, 1.82) is 0 Å². The molecule has 6 nitrogen and oxygen atoms in total. The number of hydrogen-bond acceptors (Lipinski definition) is 4. The van der Waals surface area contributed by atoms with E-state index in [0.717, 1.165) is 12.3 Å². The largest absolute Gasteiger partial charge is 0.457 e. The fourth-order valence-electron chi connectivity index (χ4n) is 2.90. The van der Waals surface area contributed by atoms with Gasteiger partial charge in [0.05, 0.1) is 11.3 Å². The van der Waals surface area contributed by atoms with Crippen molar-refractivity contribution < 1.29 is 30.9 Å². The van der Waals surface area contributed by atoms with Crippen molar-refractivity contribution in [1.82, 2.24) is 4.90 Å². The van der Waals surface area contributed by atoms with Gasteiger partial charge in [0, 0.05) is 31.0 Å². The van der Waals surface area contributed by atoms with E-state index < -0.39 is 21.8 Å². The maximum Gasteiger partial charge on any atom is 0.418 e. The Hall–Kier alpha value is -3.14. The second-order valence-corrected chi connectivity index (χ2v) is 8.12. The zero-order valence-electron chi connectivity index (χ0n) is 14.9. The molecule has 0 bridgehead atoms. The number of aromatic nitrogens is 1. The average Bonchev–Trinajstić information content (AvgIpc) is 2.67. The first-order valence-electron chi connectivity index (χ1n) is 8.56. The highest BCUT2D eigenvalue weighted by molar-refractivity contribution is 7.90. The lowest BCUT2D eigenvalue weighted by molar-refractivity contribution is -0.576. The third kappa shape index (κ3) is 4.16. The molecule has 0 unspecified atom stereocenters. The van der Waals surface area contributed by atoms with E-state index in [1.807, 2.05) is 18.2 Å². The van der Waals surface area contributed by atoms with Gasteiger partial charge in [-0.05, 0) is 12.1 Å². The van der Waals surface area contributed by atoms with Gasteiger partial charge in [-0.15, -0.1) is 4.40 Å². The summed E-state index contributed by atoms with van der Waals surface area (Å²) in [6, 6.07) is 12.1. The standard InChI is InChI=1S/C19H15F3N3O3S/c20-19(21,22)14-12-17(18-23-29(26,27)11-10-25(18)13-14)24-8-6-16(7-9-24)28-15-4-2-1-3-5-15/h1-9,12-13H,10-11H2/q+1. The van der Waals surface area contributed by atoms with Crippen LogP contribution in [-0.2, 0) is 10.0 Å². The molecule has 4 rings (SSSR count). The monoisotopic (exact) mass is 422 g/mol. The Labute approximate surface area is 164 Å². The van der Waals surface area contributed by atoms with Gasteiger partial charge in [-0.25, -0.2) is 8.42 Å². The highest BCUT2D eigenvalue weighted by Gasteiger charge is 2.41. The van der Waals surface area contributed by atoms with Crippen molar-refractivity contribution in [3.63, 3.8) is 0 Å². The topological polar surface area (TPSA) is 62.9 Å². The summed E-state index contributed by atoms with van der Waals surface area (Å²) in [5.41, 5.74) is -0.878. The van der Waals surface area contributed by atoms with E-state index in [2.05, 4.69) is 4.40 Å². The molecule has 0 atom stereocenters. The summed E-state index contributed by atoms with van der Waals surface area (Å²) in [6.45, 7) is -0.103. The SMILES string of the molecule is O=S1(=O)CCN2C=C(C(F)(F)F)C=C([n+]3ccc(Oc4ccccc4)cc3)C2=N1. The van der Waals surface area contributed by atoms with E-state index in [1.54, 1.807) is 24.3 Å². The smallest absolute Gasteiger partial charge is 0.418 e. The molecule has 150 valence electrons. The van der Waals surface area contributed by atoms with Gasteiger partial charge >= 0.3 is 6.18 Å². The van der Waals surface area contributed by atoms with Crippen LogP contribution in [0.2, 0.25) is 0 Å². The fraction of sp³-hybridized carbons (Fsp3) is 0.158. The normalized spacial score (nSPS) is 18.3. The molecule has 29 heavy (non-hydrogen) atoms. The molecule has 10 heteroatoms. The van der Waals surface area contributed by atoms with Crippen LogP contribution in [0.5, 0.6) is 11.5 Å². The van der Waals surface area contributed by atoms with E-state index in [4.69, 9.17) is 4.74 Å². The molecular formula is C19H15F3N3O3S+. The van der Waals surface area contributed by atoms with Crippen LogP contribution in [0.15, 0.2) is 77.1 Å². The number of nitrogens with zero attached hydrogens (tertiary/aromatic N) is 3. The number of allylic oxidation sites excluding steroid dienone is 2. The van der Waals surface area contributed by atoms with Crippen LogP contribution in [0, 0.1) is 0 Å². The second kappa shape index (κ2) is 7.03. The summed E-state index contributed by atoms with van der Waals surface area (Å²) in [4.78, 5) is 1.21.